The summed E-state index contributed by atoms with van der Waals surface area (Å²) in [6.07, 6.45) is -13.0. The van der Waals surface area contributed by atoms with Gasteiger partial charge in [0.05, 0.1) is 19.3 Å². The number of hydrogen-bond acceptors (Lipinski definition) is 17. The van der Waals surface area contributed by atoms with E-state index in [1.54, 1.807) is 0 Å². The SMILES string of the molecule is CC(=O)NC1C(OC2C3COC(O3)C(NC(C)=O)C2OC(C)C(=O)NC(C)C(=O)NC(CCC(=O)NC(CCCC(N)C(N)=O)C(=O)O)C(=O)O)OC(CO)C(O)C1O. The molecule has 0 aliphatic carbocycles. The van der Waals surface area contributed by atoms with Crippen LogP contribution >= 0.6 is 0 Å². The van der Waals surface area contributed by atoms with Crippen molar-refractivity contribution in [2.24, 2.45) is 11.5 Å². The molecule has 25 nitrogen and oxygen atoms in total. The zero-order valence-corrected chi connectivity index (χ0v) is 32.8. The molecule has 3 aliphatic rings. The molecule has 0 aromatic heterocycles. The quantitative estimate of drug-likeness (QED) is 0.0482. The summed E-state index contributed by atoms with van der Waals surface area (Å²) in [6.45, 7) is 4.03. The van der Waals surface area contributed by atoms with Crippen LogP contribution in [0.1, 0.15) is 59.8 Å². The number of hydrogen-bond donors (Lipinski definition) is 12. The van der Waals surface area contributed by atoms with Crippen molar-refractivity contribution < 1.29 is 87.6 Å². The van der Waals surface area contributed by atoms with Gasteiger partial charge in [-0.05, 0) is 39.5 Å². The number of aliphatic hydroxyl groups excluding tert-OH is 3. The fraction of sp³-hybridized carbons (Fsp3) is 0.765. The number of primary amides is 1. The first-order valence-electron chi connectivity index (χ1n) is 18.8. The Balaban J connectivity index is 1.67. The van der Waals surface area contributed by atoms with Crippen molar-refractivity contribution in [3.05, 3.63) is 0 Å². The number of ether oxygens (including phenoxy) is 5. The first kappa shape index (κ1) is 48.8. The van der Waals surface area contributed by atoms with Gasteiger partial charge in [-0.2, -0.15) is 0 Å². The molecule has 0 saturated carbocycles. The number of carboxylic acid groups (broad SMARTS) is 2. The van der Waals surface area contributed by atoms with Gasteiger partial charge in [-0.25, -0.2) is 9.59 Å². The Morgan fingerprint density at radius 1 is 0.797 bits per heavy atom. The lowest BCUT2D eigenvalue weighted by molar-refractivity contribution is -0.313. The average Bonchev–Trinajstić information content (AvgIpc) is 3.60. The van der Waals surface area contributed by atoms with E-state index in [1.807, 2.05) is 0 Å². The average molecular weight is 850 g/mol. The van der Waals surface area contributed by atoms with Crippen LogP contribution in [0.25, 0.3) is 0 Å². The minimum absolute atomic E-state index is 0.0711. The molecule has 3 aliphatic heterocycles. The van der Waals surface area contributed by atoms with Gasteiger partial charge >= 0.3 is 11.9 Å². The Bertz CT molecular complexity index is 1540. The molecule has 0 aromatic rings. The first-order chi connectivity index (χ1) is 27.6. The summed E-state index contributed by atoms with van der Waals surface area (Å²) < 4.78 is 29.6. The van der Waals surface area contributed by atoms with Gasteiger partial charge in [-0.3, -0.25) is 28.8 Å². The minimum atomic E-state index is -1.67. The lowest BCUT2D eigenvalue weighted by atomic mass is 9.95. The van der Waals surface area contributed by atoms with Gasteiger partial charge in [-0.1, -0.05) is 0 Å². The smallest absolute Gasteiger partial charge is 0.326 e. The third-order valence-electron chi connectivity index (χ3n) is 9.75. The molecule has 6 amide bonds. The zero-order valence-electron chi connectivity index (χ0n) is 32.8. The van der Waals surface area contributed by atoms with E-state index >= 15 is 0 Å². The Morgan fingerprint density at radius 3 is 1.98 bits per heavy atom. The van der Waals surface area contributed by atoms with Crippen LogP contribution in [-0.4, -0.2) is 178 Å². The topological polar surface area (TPSA) is 396 Å². The number of carbonyl (C=O) groups is 8. The van der Waals surface area contributed by atoms with E-state index in [4.69, 9.17) is 35.2 Å². The highest BCUT2D eigenvalue weighted by molar-refractivity contribution is 5.91. The maximum absolute atomic E-state index is 13.4. The molecule has 3 fully saturated rings. The Hall–Kier alpha value is -4.60. The van der Waals surface area contributed by atoms with Crippen molar-refractivity contribution >= 4 is 47.4 Å². The van der Waals surface area contributed by atoms with Gasteiger partial charge in [0.2, 0.25) is 35.4 Å². The normalized spacial score (nSPS) is 30.0. The van der Waals surface area contributed by atoms with Crippen molar-refractivity contribution in [2.75, 3.05) is 13.2 Å². The van der Waals surface area contributed by atoms with Crippen LogP contribution in [0, 0.1) is 0 Å². The third-order valence-corrected chi connectivity index (χ3v) is 9.75. The Labute approximate surface area is 337 Å². The third kappa shape index (κ3) is 13.7. The highest BCUT2D eigenvalue weighted by Gasteiger charge is 2.56. The Kier molecular flexibility index (Phi) is 18.3. The fourth-order valence-electron chi connectivity index (χ4n) is 6.56. The van der Waals surface area contributed by atoms with Crippen LogP contribution in [0.3, 0.4) is 0 Å². The highest BCUT2D eigenvalue weighted by Crippen LogP contribution is 2.35. The molecular weight excluding hydrogens is 794 g/mol. The van der Waals surface area contributed by atoms with E-state index in [1.165, 1.54) is 20.8 Å². The summed E-state index contributed by atoms with van der Waals surface area (Å²) in [5, 5.41) is 62.1. The maximum atomic E-state index is 13.4. The standard InChI is InChI=1S/C34H55N7O18/c1-12(29(49)41-18(32(53)54)8-9-21(45)40-17(31(51)52)7-5-6-16(35)28(36)48)37-30(50)13(2)56-27-23(39-15(4)44)33-55-11-20(58-33)26(27)59-34-22(38-14(3)43)25(47)24(46)19(10-42)57-34/h12-13,16-20,22-27,33-34,42,46-47H,5-11,35H2,1-4H3,(H2,36,48)(H,37,50)(H,38,43)(H,39,44)(H,40,45)(H,41,49)(H,51,52)(H,53,54). The second-order valence-corrected chi connectivity index (χ2v) is 14.4. The molecule has 2 bridgehead atoms. The van der Waals surface area contributed by atoms with Crippen LogP contribution < -0.4 is 38.1 Å². The molecule has 3 saturated heterocycles. The number of carbonyl (C=O) groups excluding carboxylic acids is 6. The van der Waals surface area contributed by atoms with E-state index in [0.717, 1.165) is 6.92 Å². The van der Waals surface area contributed by atoms with Crippen molar-refractivity contribution in [1.29, 1.82) is 0 Å². The number of aliphatic carboxylic acids is 2. The van der Waals surface area contributed by atoms with Gasteiger partial charge in [-0.15, -0.1) is 0 Å². The number of nitrogens with one attached hydrogen (secondary N) is 5. The molecule has 15 unspecified atom stereocenters. The molecule has 59 heavy (non-hydrogen) atoms. The summed E-state index contributed by atoms with van der Waals surface area (Å²) in [6, 6.07) is -7.89. The van der Waals surface area contributed by atoms with E-state index in [9.17, 15) is 63.9 Å². The lowest BCUT2D eigenvalue weighted by Gasteiger charge is -2.47. The van der Waals surface area contributed by atoms with Crippen LogP contribution in [0.4, 0.5) is 0 Å². The lowest BCUT2D eigenvalue weighted by Crippen LogP contribution is -2.68. The van der Waals surface area contributed by atoms with Gasteiger partial charge in [0, 0.05) is 20.3 Å². The van der Waals surface area contributed by atoms with Gasteiger partial charge in [0.25, 0.3) is 0 Å². The molecular formula is C34H55N7O18. The maximum Gasteiger partial charge on any atom is 0.326 e. The molecule has 15 atom stereocenters. The van der Waals surface area contributed by atoms with Crippen molar-refractivity contribution in [3.8, 4) is 0 Å². The molecule has 14 N–H and O–H groups in total. The molecule has 0 spiro atoms. The van der Waals surface area contributed by atoms with Gasteiger partial charge in [0.1, 0.15) is 72.9 Å². The summed E-state index contributed by atoms with van der Waals surface area (Å²) in [5.41, 5.74) is 10.6. The zero-order chi connectivity index (χ0) is 44.3. The van der Waals surface area contributed by atoms with Crippen LogP contribution in [0.5, 0.6) is 0 Å². The summed E-state index contributed by atoms with van der Waals surface area (Å²) in [5.74, 6) is -7.56. The number of carboxylic acids is 2. The van der Waals surface area contributed by atoms with E-state index < -0.39 is 158 Å². The van der Waals surface area contributed by atoms with E-state index in [-0.39, 0.29) is 25.9 Å². The van der Waals surface area contributed by atoms with E-state index in [2.05, 4.69) is 26.6 Å². The summed E-state index contributed by atoms with van der Waals surface area (Å²) in [4.78, 5) is 97.9. The van der Waals surface area contributed by atoms with Crippen LogP contribution in [0.15, 0.2) is 0 Å². The number of amides is 6. The van der Waals surface area contributed by atoms with Crippen molar-refractivity contribution in [2.45, 2.75) is 151 Å². The summed E-state index contributed by atoms with van der Waals surface area (Å²) >= 11 is 0. The van der Waals surface area contributed by atoms with Gasteiger partial charge in [0.15, 0.2) is 12.6 Å². The molecule has 25 heteroatoms. The monoisotopic (exact) mass is 849 g/mol. The predicted octanol–water partition coefficient (Wildman–Crippen LogP) is -6.24. The van der Waals surface area contributed by atoms with E-state index in [0.29, 0.717) is 0 Å². The second kappa shape index (κ2) is 22.1. The molecule has 0 aromatic carbocycles. The van der Waals surface area contributed by atoms with Crippen molar-refractivity contribution in [1.82, 2.24) is 26.6 Å². The largest absolute Gasteiger partial charge is 0.480 e. The molecule has 334 valence electrons. The van der Waals surface area contributed by atoms with Crippen molar-refractivity contribution in [3.63, 3.8) is 0 Å². The molecule has 3 rings (SSSR count). The predicted molar refractivity (Wildman–Crippen MR) is 194 cm³/mol. The number of nitrogens with two attached hydrogens (primary N) is 2. The minimum Gasteiger partial charge on any atom is -0.480 e. The van der Waals surface area contributed by atoms with Gasteiger partial charge < -0.3 is 87.3 Å². The number of rotatable bonds is 22. The fourth-order valence-corrected chi connectivity index (χ4v) is 6.56. The number of fused-ring (bicyclic) bond motifs is 2. The Morgan fingerprint density at radius 2 is 1.41 bits per heavy atom. The molecule has 3 heterocycles. The molecule has 0 radical (unpaired) electrons. The number of aliphatic hydroxyl groups is 3. The van der Waals surface area contributed by atoms with Crippen LogP contribution in [0.2, 0.25) is 0 Å². The highest BCUT2D eigenvalue weighted by atomic mass is 16.8. The summed E-state index contributed by atoms with van der Waals surface area (Å²) in [7, 11) is 0. The van der Waals surface area contributed by atoms with Crippen LogP contribution in [-0.2, 0) is 62.0 Å². The second-order valence-electron chi connectivity index (χ2n) is 14.4. The first-order valence-corrected chi connectivity index (χ1v) is 18.8.